The van der Waals surface area contributed by atoms with Crippen LogP contribution >= 0.6 is 0 Å². The van der Waals surface area contributed by atoms with Gasteiger partial charge in [-0.05, 0) is 23.3 Å². The van der Waals surface area contributed by atoms with Gasteiger partial charge >= 0.3 is 0 Å². The molecule has 0 radical (unpaired) electrons. The lowest BCUT2D eigenvalue weighted by Gasteiger charge is -2.10. The molecule has 0 saturated carbocycles. The van der Waals surface area contributed by atoms with Crippen molar-refractivity contribution >= 4 is 0 Å². The number of fused-ring (bicyclic) bond motifs is 1. The average Bonchev–Trinajstić information content (AvgIpc) is 2.96. The van der Waals surface area contributed by atoms with E-state index in [-0.39, 0.29) is 0 Å². The Labute approximate surface area is 105 Å². The molecule has 1 unspecified atom stereocenters. The third-order valence-corrected chi connectivity index (χ3v) is 3.15. The molecule has 18 heavy (non-hydrogen) atoms. The highest BCUT2D eigenvalue weighted by atomic mass is 16.5. The summed E-state index contributed by atoms with van der Waals surface area (Å²) in [6, 6.07) is 5.85. The fourth-order valence-corrected chi connectivity index (χ4v) is 2.22. The molecule has 2 heterocycles. The zero-order valence-electron chi connectivity index (χ0n) is 10.2. The Bertz CT molecular complexity index is 565. The third-order valence-electron chi connectivity index (χ3n) is 3.15. The zero-order chi connectivity index (χ0) is 12.5. The van der Waals surface area contributed by atoms with Crippen molar-refractivity contribution in [3.8, 4) is 5.75 Å². The van der Waals surface area contributed by atoms with Gasteiger partial charge in [0.25, 0.3) is 0 Å². The maximum absolute atomic E-state index is 10.2. The molecular formula is C13H15N3O2. The molecule has 1 aromatic heterocycles. The second-order valence-electron chi connectivity index (χ2n) is 4.57. The monoisotopic (exact) mass is 245 g/mol. The number of hydrogen-bond donors (Lipinski definition) is 1. The first-order valence-corrected chi connectivity index (χ1v) is 6.01. The van der Waals surface area contributed by atoms with Crippen molar-refractivity contribution in [3.63, 3.8) is 0 Å². The van der Waals surface area contributed by atoms with Gasteiger partial charge in [-0.1, -0.05) is 11.3 Å². The van der Waals surface area contributed by atoms with Crippen molar-refractivity contribution in [1.29, 1.82) is 0 Å². The summed E-state index contributed by atoms with van der Waals surface area (Å²) in [6.45, 7) is 0.735. The van der Waals surface area contributed by atoms with Crippen LogP contribution in [0.1, 0.15) is 22.9 Å². The molecule has 1 aliphatic rings. The minimum Gasteiger partial charge on any atom is -0.493 e. The molecule has 94 valence electrons. The summed E-state index contributed by atoms with van der Waals surface area (Å²) < 4.78 is 7.08. The number of aliphatic hydroxyl groups excluding tert-OH is 1. The van der Waals surface area contributed by atoms with Gasteiger partial charge in [0.15, 0.2) is 0 Å². The predicted octanol–water partition coefficient (Wildman–Crippen LogP) is 1.03. The first-order chi connectivity index (χ1) is 8.72. The lowest BCUT2D eigenvalue weighted by Crippen LogP contribution is -2.02. The maximum Gasteiger partial charge on any atom is 0.122 e. The molecule has 0 spiro atoms. The second-order valence-corrected chi connectivity index (χ2v) is 4.57. The SMILES string of the molecule is Cn1cc(CC(O)c2ccc3c(c2)CCO3)nn1. The van der Waals surface area contributed by atoms with E-state index < -0.39 is 6.10 Å². The van der Waals surface area contributed by atoms with Crippen LogP contribution in [-0.2, 0) is 19.9 Å². The van der Waals surface area contributed by atoms with Crippen LogP contribution < -0.4 is 4.74 Å². The Balaban J connectivity index is 1.78. The Kier molecular flexibility index (Phi) is 2.76. The highest BCUT2D eigenvalue weighted by Gasteiger charge is 2.16. The van der Waals surface area contributed by atoms with E-state index in [4.69, 9.17) is 4.74 Å². The average molecular weight is 245 g/mol. The Morgan fingerprint density at radius 1 is 1.50 bits per heavy atom. The molecule has 1 atom stereocenters. The third kappa shape index (κ3) is 2.09. The lowest BCUT2D eigenvalue weighted by atomic mass is 10.0. The van der Waals surface area contributed by atoms with Crippen LogP contribution in [0.25, 0.3) is 0 Å². The van der Waals surface area contributed by atoms with Gasteiger partial charge in [-0.3, -0.25) is 4.68 Å². The van der Waals surface area contributed by atoms with E-state index >= 15 is 0 Å². The molecule has 1 aliphatic heterocycles. The maximum atomic E-state index is 10.2. The summed E-state index contributed by atoms with van der Waals surface area (Å²) >= 11 is 0. The number of rotatable bonds is 3. The smallest absolute Gasteiger partial charge is 0.122 e. The minimum atomic E-state index is -0.549. The zero-order valence-corrected chi connectivity index (χ0v) is 10.2. The van der Waals surface area contributed by atoms with Crippen LogP contribution in [0.5, 0.6) is 5.75 Å². The molecule has 0 amide bonds. The molecular weight excluding hydrogens is 230 g/mol. The lowest BCUT2D eigenvalue weighted by molar-refractivity contribution is 0.177. The van der Waals surface area contributed by atoms with Gasteiger partial charge in [-0.2, -0.15) is 0 Å². The predicted molar refractivity (Wildman–Crippen MR) is 65.3 cm³/mol. The van der Waals surface area contributed by atoms with Crippen molar-refractivity contribution in [2.24, 2.45) is 7.05 Å². The number of nitrogens with zero attached hydrogens (tertiary/aromatic N) is 3. The summed E-state index contributed by atoms with van der Waals surface area (Å²) in [5.74, 6) is 0.936. The van der Waals surface area contributed by atoms with E-state index in [9.17, 15) is 5.11 Å². The van der Waals surface area contributed by atoms with E-state index in [2.05, 4.69) is 10.3 Å². The van der Waals surface area contributed by atoms with E-state index in [1.807, 2.05) is 31.4 Å². The van der Waals surface area contributed by atoms with Crippen molar-refractivity contribution in [3.05, 3.63) is 41.2 Å². The Morgan fingerprint density at radius 3 is 3.17 bits per heavy atom. The summed E-state index contributed by atoms with van der Waals surface area (Å²) in [5, 5.41) is 18.0. The molecule has 0 bridgehead atoms. The van der Waals surface area contributed by atoms with Crippen molar-refractivity contribution < 1.29 is 9.84 Å². The number of aryl methyl sites for hydroxylation is 1. The Hall–Kier alpha value is -1.88. The largest absolute Gasteiger partial charge is 0.493 e. The van der Waals surface area contributed by atoms with Gasteiger partial charge in [-0.15, -0.1) is 5.10 Å². The van der Waals surface area contributed by atoms with Crippen LogP contribution in [0.15, 0.2) is 24.4 Å². The van der Waals surface area contributed by atoms with Crippen LogP contribution in [0.3, 0.4) is 0 Å². The number of ether oxygens (including phenoxy) is 1. The molecule has 5 nitrogen and oxygen atoms in total. The van der Waals surface area contributed by atoms with Crippen LogP contribution in [0, 0.1) is 0 Å². The molecule has 1 aromatic carbocycles. The van der Waals surface area contributed by atoms with Crippen LogP contribution in [0.4, 0.5) is 0 Å². The molecule has 3 rings (SSSR count). The van der Waals surface area contributed by atoms with Gasteiger partial charge in [0.05, 0.1) is 18.4 Å². The van der Waals surface area contributed by atoms with E-state index in [0.717, 1.165) is 30.0 Å². The summed E-state index contributed by atoms with van der Waals surface area (Å²) in [7, 11) is 1.82. The van der Waals surface area contributed by atoms with Gasteiger partial charge in [0.2, 0.25) is 0 Å². The molecule has 5 heteroatoms. The molecule has 0 saturated heterocycles. The number of aliphatic hydroxyl groups is 1. The number of benzene rings is 1. The fourth-order valence-electron chi connectivity index (χ4n) is 2.22. The molecule has 0 fully saturated rings. The van der Waals surface area contributed by atoms with Crippen LogP contribution in [0.2, 0.25) is 0 Å². The van der Waals surface area contributed by atoms with E-state index in [1.165, 1.54) is 5.56 Å². The molecule has 2 aromatic rings. The first-order valence-electron chi connectivity index (χ1n) is 6.01. The number of hydrogen-bond acceptors (Lipinski definition) is 4. The van der Waals surface area contributed by atoms with Crippen LogP contribution in [-0.4, -0.2) is 26.7 Å². The quantitative estimate of drug-likeness (QED) is 0.877. The van der Waals surface area contributed by atoms with Gasteiger partial charge in [-0.25, -0.2) is 0 Å². The second kappa shape index (κ2) is 4.42. The highest BCUT2D eigenvalue weighted by Crippen LogP contribution is 2.28. The van der Waals surface area contributed by atoms with Crippen molar-refractivity contribution in [2.45, 2.75) is 18.9 Å². The normalized spacial score (nSPS) is 15.2. The highest BCUT2D eigenvalue weighted by molar-refractivity contribution is 5.40. The van der Waals surface area contributed by atoms with E-state index in [0.29, 0.717) is 6.42 Å². The van der Waals surface area contributed by atoms with Gasteiger partial charge in [0.1, 0.15) is 5.75 Å². The Morgan fingerprint density at radius 2 is 2.39 bits per heavy atom. The minimum absolute atomic E-state index is 0.480. The van der Waals surface area contributed by atoms with Crippen molar-refractivity contribution in [1.82, 2.24) is 15.0 Å². The van der Waals surface area contributed by atoms with Crippen molar-refractivity contribution in [2.75, 3.05) is 6.61 Å². The standard InChI is InChI=1S/C13H15N3O2/c1-16-8-11(14-15-16)7-12(17)9-2-3-13-10(6-9)4-5-18-13/h2-3,6,8,12,17H,4-5,7H2,1H3. The molecule has 0 aliphatic carbocycles. The fraction of sp³-hybridized carbons (Fsp3) is 0.385. The summed E-state index contributed by atoms with van der Waals surface area (Å²) in [4.78, 5) is 0. The summed E-state index contributed by atoms with van der Waals surface area (Å²) in [6.07, 6.45) is 2.67. The van der Waals surface area contributed by atoms with E-state index in [1.54, 1.807) is 4.68 Å². The first kappa shape index (κ1) is 11.2. The summed E-state index contributed by atoms with van der Waals surface area (Å²) in [5.41, 5.74) is 2.87. The molecule has 1 N–H and O–H groups in total. The van der Waals surface area contributed by atoms with Gasteiger partial charge < -0.3 is 9.84 Å². The number of aromatic nitrogens is 3. The topological polar surface area (TPSA) is 60.2 Å². The van der Waals surface area contributed by atoms with Gasteiger partial charge in [0, 0.05) is 26.1 Å².